The molecule has 3 rings (SSSR count). The molecule has 152 valence electrons. The van der Waals surface area contributed by atoms with Crippen LogP contribution in [0.3, 0.4) is 0 Å². The number of pyridine rings is 1. The van der Waals surface area contributed by atoms with Gasteiger partial charge in [0.1, 0.15) is 0 Å². The topological polar surface area (TPSA) is 74.8 Å². The number of carbonyl (C=O) groups is 2. The molecule has 28 heavy (non-hydrogen) atoms. The number of ether oxygens (including phenoxy) is 1. The fraction of sp³-hybridized carbons (Fsp3) is 0.571. The summed E-state index contributed by atoms with van der Waals surface area (Å²) in [4.78, 5) is 33.7. The van der Waals surface area contributed by atoms with Crippen molar-refractivity contribution >= 4 is 23.5 Å². The van der Waals surface area contributed by atoms with Crippen molar-refractivity contribution in [1.29, 1.82) is 0 Å². The summed E-state index contributed by atoms with van der Waals surface area (Å²) in [7, 11) is 0. The third-order valence-corrected chi connectivity index (χ3v) is 5.52. The quantitative estimate of drug-likeness (QED) is 0.600. The van der Waals surface area contributed by atoms with Gasteiger partial charge in [-0.25, -0.2) is 9.78 Å². The first-order chi connectivity index (χ1) is 13.6. The molecule has 0 unspecified atom stereocenters. The van der Waals surface area contributed by atoms with E-state index in [4.69, 9.17) is 4.74 Å². The molecule has 2 aliphatic rings. The molecule has 2 amide bonds. The van der Waals surface area contributed by atoms with Crippen LogP contribution in [0.25, 0.3) is 0 Å². The van der Waals surface area contributed by atoms with Gasteiger partial charge >= 0.3 is 12.0 Å². The maximum Gasteiger partial charge on any atom is 0.322 e. The fourth-order valence-electron chi connectivity index (χ4n) is 4.19. The summed E-state index contributed by atoms with van der Waals surface area (Å²) in [6, 6.07) is 3.58. The lowest BCUT2D eigenvalue weighted by Crippen LogP contribution is -2.57. The van der Waals surface area contributed by atoms with Crippen LogP contribution < -0.4 is 15.1 Å². The van der Waals surface area contributed by atoms with Gasteiger partial charge in [-0.1, -0.05) is 25.3 Å². The standard InChI is InChI=1S/C21H30N4O3/c1-3-13-24-14-15-25(17-9-8-12-22-19(17)24)20(27)23-21(10-6-5-7-11-21)16-18(26)28-4-2/h3,8-9,12H,1,4-7,10-11,13-16H2,2H3,(H,23,27). The third-order valence-electron chi connectivity index (χ3n) is 5.52. The first-order valence-corrected chi connectivity index (χ1v) is 10.1. The van der Waals surface area contributed by atoms with Crippen LogP contribution in [0.2, 0.25) is 0 Å². The summed E-state index contributed by atoms with van der Waals surface area (Å²) in [5.74, 6) is 0.537. The van der Waals surface area contributed by atoms with Crippen LogP contribution >= 0.6 is 0 Å². The Morgan fingerprint density at radius 1 is 1.32 bits per heavy atom. The lowest BCUT2D eigenvalue weighted by Gasteiger charge is -2.41. The van der Waals surface area contributed by atoms with Gasteiger partial charge < -0.3 is 15.0 Å². The molecule has 2 heterocycles. The summed E-state index contributed by atoms with van der Waals surface area (Å²) in [5.41, 5.74) is 0.262. The van der Waals surface area contributed by atoms with Gasteiger partial charge in [0, 0.05) is 25.8 Å². The number of fused-ring (bicyclic) bond motifs is 1. The highest BCUT2D eigenvalue weighted by Crippen LogP contribution is 2.34. The highest BCUT2D eigenvalue weighted by molar-refractivity contribution is 5.96. The van der Waals surface area contributed by atoms with Gasteiger partial charge in [-0.15, -0.1) is 6.58 Å². The molecule has 0 aromatic carbocycles. The van der Waals surface area contributed by atoms with E-state index in [0.717, 1.165) is 43.6 Å². The summed E-state index contributed by atoms with van der Waals surface area (Å²) < 4.78 is 5.16. The van der Waals surface area contributed by atoms with Gasteiger partial charge in [0.15, 0.2) is 5.82 Å². The third kappa shape index (κ3) is 4.46. The zero-order chi connectivity index (χ0) is 20.0. The predicted octanol–water partition coefficient (Wildman–Crippen LogP) is 3.26. The van der Waals surface area contributed by atoms with Crippen molar-refractivity contribution in [3.63, 3.8) is 0 Å². The number of aromatic nitrogens is 1. The second kappa shape index (κ2) is 9.08. The summed E-state index contributed by atoms with van der Waals surface area (Å²) in [6.45, 7) is 7.90. The molecule has 0 spiro atoms. The fourth-order valence-corrected chi connectivity index (χ4v) is 4.19. The van der Waals surface area contributed by atoms with E-state index in [1.165, 1.54) is 0 Å². The normalized spacial score (nSPS) is 18.2. The molecule has 1 aliphatic carbocycles. The smallest absolute Gasteiger partial charge is 0.322 e. The van der Waals surface area contributed by atoms with Crippen molar-refractivity contribution in [2.24, 2.45) is 0 Å². The number of nitrogens with one attached hydrogen (secondary N) is 1. The number of urea groups is 1. The Hall–Kier alpha value is -2.57. The first-order valence-electron chi connectivity index (χ1n) is 10.1. The van der Waals surface area contributed by atoms with Gasteiger partial charge in [0.05, 0.1) is 24.3 Å². The van der Waals surface area contributed by atoms with Crippen LogP contribution in [-0.2, 0) is 9.53 Å². The van der Waals surface area contributed by atoms with Gasteiger partial charge in [-0.05, 0) is 31.9 Å². The van der Waals surface area contributed by atoms with Crippen molar-refractivity contribution in [3.8, 4) is 0 Å². The number of hydrogen-bond acceptors (Lipinski definition) is 5. The molecule has 7 heteroatoms. The summed E-state index contributed by atoms with van der Waals surface area (Å²) >= 11 is 0. The number of anilines is 2. The zero-order valence-electron chi connectivity index (χ0n) is 16.7. The average Bonchev–Trinajstić information content (AvgIpc) is 2.69. The van der Waals surface area contributed by atoms with Gasteiger partial charge in [0.2, 0.25) is 0 Å². The Morgan fingerprint density at radius 2 is 2.11 bits per heavy atom. The molecule has 1 aliphatic heterocycles. The Kier molecular flexibility index (Phi) is 6.54. The molecule has 0 bridgehead atoms. The largest absolute Gasteiger partial charge is 0.466 e. The van der Waals surface area contributed by atoms with E-state index in [1.54, 1.807) is 18.0 Å². The van der Waals surface area contributed by atoms with Gasteiger partial charge in [0.25, 0.3) is 0 Å². The minimum absolute atomic E-state index is 0.168. The van der Waals surface area contributed by atoms with Crippen molar-refractivity contribution in [1.82, 2.24) is 10.3 Å². The van der Waals surface area contributed by atoms with E-state index in [0.29, 0.717) is 26.2 Å². The number of esters is 1. The number of rotatable bonds is 6. The second-order valence-corrected chi connectivity index (χ2v) is 7.49. The maximum absolute atomic E-state index is 13.2. The minimum atomic E-state index is -0.526. The van der Waals surface area contributed by atoms with Crippen molar-refractivity contribution in [2.75, 3.05) is 36.0 Å². The second-order valence-electron chi connectivity index (χ2n) is 7.49. The van der Waals surface area contributed by atoms with Crippen molar-refractivity contribution in [3.05, 3.63) is 31.0 Å². The highest BCUT2D eigenvalue weighted by atomic mass is 16.5. The van der Waals surface area contributed by atoms with E-state index in [9.17, 15) is 9.59 Å². The zero-order valence-corrected chi connectivity index (χ0v) is 16.7. The Bertz CT molecular complexity index is 715. The highest BCUT2D eigenvalue weighted by Gasteiger charge is 2.38. The summed E-state index contributed by atoms with van der Waals surface area (Å²) in [6.07, 6.45) is 8.54. The Morgan fingerprint density at radius 3 is 2.82 bits per heavy atom. The van der Waals surface area contributed by atoms with E-state index in [-0.39, 0.29) is 18.4 Å². The Balaban J connectivity index is 1.79. The monoisotopic (exact) mass is 386 g/mol. The molecule has 0 atom stereocenters. The first kappa shape index (κ1) is 20.2. The minimum Gasteiger partial charge on any atom is -0.466 e. The van der Waals surface area contributed by atoms with E-state index >= 15 is 0 Å². The van der Waals surface area contributed by atoms with Crippen molar-refractivity contribution < 1.29 is 14.3 Å². The van der Waals surface area contributed by atoms with Gasteiger partial charge in [-0.3, -0.25) is 9.69 Å². The summed E-state index contributed by atoms with van der Waals surface area (Å²) in [5, 5.41) is 3.20. The van der Waals surface area contributed by atoms with Crippen molar-refractivity contribution in [2.45, 2.75) is 51.0 Å². The maximum atomic E-state index is 13.2. The lowest BCUT2D eigenvalue weighted by molar-refractivity contribution is -0.145. The molecular formula is C21H30N4O3. The van der Waals surface area contributed by atoms with Crippen LogP contribution in [0.15, 0.2) is 31.0 Å². The molecule has 7 nitrogen and oxygen atoms in total. The van der Waals surface area contributed by atoms with Crippen LogP contribution in [0.4, 0.5) is 16.3 Å². The molecule has 0 saturated heterocycles. The molecular weight excluding hydrogens is 356 g/mol. The number of amides is 2. The Labute approximate surface area is 166 Å². The number of nitrogens with zero attached hydrogens (tertiary/aromatic N) is 3. The average molecular weight is 386 g/mol. The molecule has 1 saturated carbocycles. The lowest BCUT2D eigenvalue weighted by atomic mass is 9.79. The van der Waals surface area contributed by atoms with Gasteiger partial charge in [-0.2, -0.15) is 0 Å². The van der Waals surface area contributed by atoms with Crippen LogP contribution in [0.5, 0.6) is 0 Å². The van der Waals surface area contributed by atoms with Crippen LogP contribution in [0.1, 0.15) is 45.4 Å². The molecule has 1 N–H and O–H groups in total. The van der Waals surface area contributed by atoms with E-state index in [1.807, 2.05) is 18.2 Å². The molecule has 1 fully saturated rings. The van der Waals surface area contributed by atoms with Crippen LogP contribution in [-0.4, -0.2) is 48.8 Å². The van der Waals surface area contributed by atoms with E-state index in [2.05, 4.69) is 21.8 Å². The number of carbonyl (C=O) groups excluding carboxylic acids is 2. The molecule has 0 radical (unpaired) electrons. The number of hydrogen-bond donors (Lipinski definition) is 1. The predicted molar refractivity (Wildman–Crippen MR) is 110 cm³/mol. The van der Waals surface area contributed by atoms with E-state index < -0.39 is 5.54 Å². The SMILES string of the molecule is C=CCN1CCN(C(=O)NC2(CC(=O)OCC)CCCCC2)c2cccnc21. The molecule has 1 aromatic heterocycles. The molecule has 1 aromatic rings. The van der Waals surface area contributed by atoms with Crippen LogP contribution in [0, 0.1) is 0 Å².